The van der Waals surface area contributed by atoms with Gasteiger partial charge >= 0.3 is 5.97 Å². The Morgan fingerprint density at radius 2 is 1.55 bits per heavy atom. The molecule has 5 rings (SSSR count). The zero-order chi connectivity index (χ0) is 54.0. The fraction of sp³-hybridized carbons (Fsp3) is 0.793. The van der Waals surface area contributed by atoms with Gasteiger partial charge < -0.3 is 57.7 Å². The maximum atomic E-state index is 14.6. The number of amides is 1. The van der Waals surface area contributed by atoms with E-state index in [1.54, 1.807) is 34.1 Å². The number of piperidine rings is 1. The molecule has 3 saturated heterocycles. The average Bonchev–Trinajstić information content (AvgIpc) is 3.36. The van der Waals surface area contributed by atoms with Crippen molar-refractivity contribution in [2.75, 3.05) is 67.5 Å². The lowest BCUT2D eigenvalue weighted by molar-refractivity contribution is -0.284. The molecule has 0 aromatic rings. The molecule has 74 heavy (non-hydrogen) atoms. The summed E-state index contributed by atoms with van der Waals surface area (Å²) in [5.41, 5.74) is 1.37. The molecule has 4 fully saturated rings. The monoisotopic (exact) mass is 1040 g/mol. The van der Waals surface area contributed by atoms with Crippen LogP contribution in [-0.4, -0.2) is 167 Å². The molecule has 1 amide bonds. The summed E-state index contributed by atoms with van der Waals surface area (Å²) in [5.74, 6) is -4.74. The van der Waals surface area contributed by atoms with Crippen molar-refractivity contribution in [3.05, 3.63) is 47.6 Å². The fourth-order valence-electron chi connectivity index (χ4n) is 11.3. The number of nitrogens with zero attached hydrogens (tertiary/aromatic N) is 1. The number of fused-ring (bicyclic) bond motifs is 3. The molecule has 2 bridgehead atoms. The zero-order valence-electron chi connectivity index (χ0n) is 46.4. The molecule has 4 heterocycles. The largest absolute Gasteiger partial charge is 0.460 e. The third kappa shape index (κ3) is 18.2. The van der Waals surface area contributed by atoms with E-state index in [9.17, 15) is 29.4 Å². The predicted octanol–water partition coefficient (Wildman–Crippen LogP) is 7.46. The van der Waals surface area contributed by atoms with E-state index in [-0.39, 0.29) is 72.5 Å². The number of rotatable bonds is 14. The van der Waals surface area contributed by atoms with Crippen LogP contribution in [0.15, 0.2) is 47.6 Å². The highest BCUT2D eigenvalue weighted by atomic mass is 16.6. The Morgan fingerprint density at radius 1 is 0.811 bits per heavy atom. The van der Waals surface area contributed by atoms with Crippen LogP contribution in [0.4, 0.5) is 0 Å². The van der Waals surface area contributed by atoms with Crippen LogP contribution in [0.2, 0.25) is 0 Å². The number of methoxy groups -OCH3 is 3. The number of hydrogen-bond acceptors (Lipinski definition) is 15. The lowest BCUT2D eigenvalue weighted by atomic mass is 9.78. The molecular weight excluding hydrogens is 951 g/mol. The first kappa shape index (κ1) is 61.7. The summed E-state index contributed by atoms with van der Waals surface area (Å²) in [6, 6.07) is -0.918. The molecule has 15 atom stereocenters. The van der Waals surface area contributed by atoms with Crippen LogP contribution in [0.5, 0.6) is 0 Å². The van der Waals surface area contributed by atoms with Crippen molar-refractivity contribution < 1.29 is 72.0 Å². The molecule has 5 aliphatic rings. The Bertz CT molecular complexity index is 1900. The number of ketones is 2. The number of allylic oxidation sites excluding steroid dienone is 6. The molecule has 0 aromatic heterocycles. The molecule has 0 aromatic carbocycles. The van der Waals surface area contributed by atoms with E-state index in [4.69, 9.17) is 42.6 Å². The average molecular weight is 1040 g/mol. The first-order valence-corrected chi connectivity index (χ1v) is 27.7. The Kier molecular flexibility index (Phi) is 25.6. The minimum Gasteiger partial charge on any atom is -0.460 e. The smallest absolute Gasteiger partial charge is 0.329 e. The summed E-state index contributed by atoms with van der Waals surface area (Å²) >= 11 is 0. The van der Waals surface area contributed by atoms with Crippen molar-refractivity contribution in [1.82, 2.24) is 4.90 Å². The molecule has 1 saturated carbocycles. The Balaban J connectivity index is 1.43. The van der Waals surface area contributed by atoms with Crippen LogP contribution in [-0.2, 0) is 61.8 Å². The van der Waals surface area contributed by atoms with Crippen LogP contribution in [0.25, 0.3) is 0 Å². The minimum atomic E-state index is -1.79. The quantitative estimate of drug-likeness (QED) is 0.0988. The number of cyclic esters (lactones) is 1. The molecule has 1 aliphatic carbocycles. The summed E-state index contributed by atoms with van der Waals surface area (Å²) in [5, 5.41) is 23.8. The number of esters is 1. The number of carbonyl (C=O) groups is 4. The summed E-state index contributed by atoms with van der Waals surface area (Å²) in [4.78, 5) is 58.8. The van der Waals surface area contributed by atoms with Gasteiger partial charge in [0.2, 0.25) is 5.91 Å². The second kappa shape index (κ2) is 30.7. The summed E-state index contributed by atoms with van der Waals surface area (Å²) in [7, 11) is 4.73. The molecule has 1 unspecified atom stereocenters. The molecule has 16 nitrogen and oxygen atoms in total. The van der Waals surface area contributed by atoms with E-state index in [1.807, 2.05) is 65.0 Å². The zero-order valence-corrected chi connectivity index (χ0v) is 46.4. The van der Waals surface area contributed by atoms with Crippen LogP contribution in [0, 0.1) is 35.5 Å². The van der Waals surface area contributed by atoms with E-state index < -0.39 is 60.0 Å². The summed E-state index contributed by atoms with van der Waals surface area (Å²) < 4.78 is 53.4. The maximum absolute atomic E-state index is 14.6. The Morgan fingerprint density at radius 3 is 2.26 bits per heavy atom. The first-order chi connectivity index (χ1) is 35.4. The first-order valence-electron chi connectivity index (χ1n) is 27.7. The second-order valence-electron chi connectivity index (χ2n) is 22.2. The van der Waals surface area contributed by atoms with Gasteiger partial charge in [-0.1, -0.05) is 71.1 Å². The Hall–Kier alpha value is -3.16. The van der Waals surface area contributed by atoms with Gasteiger partial charge in [0.05, 0.1) is 70.5 Å². The van der Waals surface area contributed by atoms with E-state index in [1.165, 1.54) is 12.0 Å². The van der Waals surface area contributed by atoms with Crippen LogP contribution >= 0.6 is 0 Å². The maximum Gasteiger partial charge on any atom is 0.329 e. The van der Waals surface area contributed by atoms with Gasteiger partial charge in [0.1, 0.15) is 36.2 Å². The van der Waals surface area contributed by atoms with Crippen LogP contribution in [0.1, 0.15) is 132 Å². The van der Waals surface area contributed by atoms with Crippen molar-refractivity contribution >= 4 is 23.4 Å². The highest BCUT2D eigenvalue weighted by Crippen LogP contribution is 2.39. The van der Waals surface area contributed by atoms with E-state index in [0.717, 1.165) is 24.8 Å². The highest BCUT2D eigenvalue weighted by Gasteiger charge is 2.47. The van der Waals surface area contributed by atoms with Crippen LogP contribution < -0.4 is 0 Å². The number of ether oxygens (including phenoxy) is 9. The number of carbonyl (C=O) groups excluding carboxylic acids is 4. The molecular formula is C58H93NO15. The third-order valence-corrected chi connectivity index (χ3v) is 16.2. The van der Waals surface area contributed by atoms with Crippen LogP contribution in [0.3, 0.4) is 0 Å². The van der Waals surface area contributed by atoms with Crippen molar-refractivity contribution in [2.24, 2.45) is 35.5 Å². The lowest BCUT2D eigenvalue weighted by Gasteiger charge is -2.44. The standard InChI is InChI=1S/C58H93NO15/c1-37-16-12-11-13-17-38(2)50(72-27-26-70-46-35-69-36-46)32-45-21-19-43(7)58(65,74-45)34-53(61)59-23-15-14-18-47(59)57(64)73-51(40(4)30-44-20-22-49(52(31-44)67-9)71-25-24-66-8)33-48(60)39(3)29-42(6)55(63)56(68-10)54(62)41(5)28-37/h11-13,16-17,29,37,39-41,43-47,49-52,55-56,63,65H,14-15,18-28,30-36H2,1-10H3/b13-11+,16-12+,38-17+,42-29+/t37-,39-,40-,41-,43-,44+,45+,47+,49-,50?,51+,52-,55-,56+,58+/m1/s1. The summed E-state index contributed by atoms with van der Waals surface area (Å²) in [6.07, 6.45) is 13.9. The Labute approximate surface area is 442 Å². The van der Waals surface area contributed by atoms with Gasteiger partial charge in [-0.05, 0) is 107 Å². The molecule has 16 heteroatoms. The van der Waals surface area contributed by atoms with E-state index >= 15 is 0 Å². The van der Waals surface area contributed by atoms with E-state index in [2.05, 4.69) is 0 Å². The fourth-order valence-corrected chi connectivity index (χ4v) is 11.3. The topological polar surface area (TPSA) is 195 Å². The minimum absolute atomic E-state index is 0.0268. The van der Waals surface area contributed by atoms with Gasteiger partial charge in [-0.3, -0.25) is 14.4 Å². The van der Waals surface area contributed by atoms with E-state index in [0.29, 0.717) is 103 Å². The van der Waals surface area contributed by atoms with Crippen molar-refractivity contribution in [2.45, 2.75) is 193 Å². The summed E-state index contributed by atoms with van der Waals surface area (Å²) in [6.45, 7) is 16.3. The van der Waals surface area contributed by atoms with Gasteiger partial charge in [-0.2, -0.15) is 0 Å². The normalized spacial score (nSPS) is 38.1. The van der Waals surface area contributed by atoms with Gasteiger partial charge in [0.25, 0.3) is 0 Å². The van der Waals surface area contributed by atoms with Crippen molar-refractivity contribution in [3.8, 4) is 0 Å². The SMILES string of the molecule is COCCO[C@@H]1CC[C@@H](C[C@@H](C)[C@@H]2CC(=O)[C@H](C)/C=C(\C)[C@@H](O)[C@@H](OC)C(=O)[C@H](C)C[C@H](C)/C=C/C=C/C=C(\C)C(OCCOC3COC3)C[C@@H]3CC[C@@H](C)[C@](O)(CC(=O)N4CCCC[C@H]4C(=O)O2)O3)C[C@H]1OC. The lowest BCUT2D eigenvalue weighted by Crippen LogP contribution is -2.55. The molecule has 4 aliphatic heterocycles. The molecule has 0 spiro atoms. The second-order valence-corrected chi connectivity index (χ2v) is 22.2. The van der Waals surface area contributed by atoms with Gasteiger partial charge in [-0.15, -0.1) is 0 Å². The van der Waals surface area contributed by atoms with Crippen molar-refractivity contribution in [3.63, 3.8) is 0 Å². The number of hydrogen-bond donors (Lipinski definition) is 2. The molecule has 0 radical (unpaired) electrons. The third-order valence-electron chi connectivity index (χ3n) is 16.2. The number of Topliss-reactive ketones (excluding diaryl/α,β-unsaturated/α-hetero) is 2. The highest BCUT2D eigenvalue weighted by molar-refractivity contribution is 5.87. The van der Waals surface area contributed by atoms with Gasteiger partial charge in [0.15, 0.2) is 11.6 Å². The van der Waals surface area contributed by atoms with Gasteiger partial charge in [-0.25, -0.2) is 4.79 Å². The number of aliphatic hydroxyl groups is 2. The van der Waals surface area contributed by atoms with Crippen molar-refractivity contribution in [1.29, 1.82) is 0 Å². The predicted molar refractivity (Wildman–Crippen MR) is 280 cm³/mol. The molecule has 420 valence electrons. The number of aliphatic hydroxyl groups excluding tert-OH is 1. The molecule has 2 N–H and O–H groups in total. The van der Waals surface area contributed by atoms with Gasteiger partial charge in [0, 0.05) is 58.5 Å².